The molecule has 2 atom stereocenters. The maximum atomic E-state index is 11.6. The molecule has 5 heteroatoms. The van der Waals surface area contributed by atoms with Crippen molar-refractivity contribution in [2.45, 2.75) is 31.4 Å². The molecule has 0 spiro atoms. The molecule has 0 aliphatic carbocycles. The fourth-order valence-corrected chi connectivity index (χ4v) is 2.78. The molecule has 1 aliphatic rings. The standard InChI is InChI=1S/C14H19BrN2O2/c1-14(6-3-7-19-14)9-17-12(13(16)18)10-4-2-5-11(15)8-10/h2,4-5,8,12,17H,3,6-7,9H2,1H3,(H2,16,18). The Kier molecular flexibility index (Phi) is 4.60. The van der Waals surface area contributed by atoms with Gasteiger partial charge in [0.15, 0.2) is 0 Å². The van der Waals surface area contributed by atoms with E-state index in [-0.39, 0.29) is 11.5 Å². The zero-order valence-corrected chi connectivity index (χ0v) is 12.6. The third-order valence-corrected chi connectivity index (χ3v) is 3.94. The number of halogens is 1. The van der Waals surface area contributed by atoms with Crippen molar-refractivity contribution in [2.75, 3.05) is 13.2 Å². The third-order valence-electron chi connectivity index (χ3n) is 3.45. The number of hydrogen-bond donors (Lipinski definition) is 2. The Bertz CT molecular complexity index is 459. The van der Waals surface area contributed by atoms with Gasteiger partial charge in [0.05, 0.1) is 5.60 Å². The molecule has 1 amide bonds. The van der Waals surface area contributed by atoms with Gasteiger partial charge in [0.1, 0.15) is 6.04 Å². The molecule has 1 aliphatic heterocycles. The molecular formula is C14H19BrN2O2. The lowest BCUT2D eigenvalue weighted by Gasteiger charge is -2.26. The predicted octanol–water partition coefficient (Wildman–Crippen LogP) is 2.13. The van der Waals surface area contributed by atoms with E-state index < -0.39 is 6.04 Å². The van der Waals surface area contributed by atoms with Crippen molar-refractivity contribution in [3.05, 3.63) is 34.3 Å². The van der Waals surface area contributed by atoms with Crippen LogP contribution in [0.3, 0.4) is 0 Å². The maximum absolute atomic E-state index is 11.6. The van der Waals surface area contributed by atoms with Crippen LogP contribution in [0.2, 0.25) is 0 Å². The van der Waals surface area contributed by atoms with Crippen molar-refractivity contribution in [2.24, 2.45) is 5.73 Å². The van der Waals surface area contributed by atoms with Crippen LogP contribution in [0.5, 0.6) is 0 Å². The molecule has 19 heavy (non-hydrogen) atoms. The van der Waals surface area contributed by atoms with Crippen LogP contribution in [0.4, 0.5) is 0 Å². The second-order valence-corrected chi connectivity index (χ2v) is 6.09. The van der Waals surface area contributed by atoms with Gasteiger partial charge in [-0.15, -0.1) is 0 Å². The quantitative estimate of drug-likeness (QED) is 0.871. The number of amides is 1. The van der Waals surface area contributed by atoms with Gasteiger partial charge in [-0.1, -0.05) is 28.1 Å². The summed E-state index contributed by atoms with van der Waals surface area (Å²) in [6.07, 6.45) is 2.07. The smallest absolute Gasteiger partial charge is 0.239 e. The third kappa shape index (κ3) is 3.78. The van der Waals surface area contributed by atoms with Crippen LogP contribution in [0.25, 0.3) is 0 Å². The van der Waals surface area contributed by atoms with E-state index >= 15 is 0 Å². The minimum atomic E-state index is -0.487. The molecule has 1 aromatic carbocycles. The number of carbonyl (C=O) groups excluding carboxylic acids is 1. The number of nitrogens with two attached hydrogens (primary N) is 1. The van der Waals surface area contributed by atoms with Crippen molar-refractivity contribution in [3.63, 3.8) is 0 Å². The number of benzene rings is 1. The summed E-state index contributed by atoms with van der Waals surface area (Å²) in [5.41, 5.74) is 6.16. The summed E-state index contributed by atoms with van der Waals surface area (Å²) in [7, 11) is 0. The highest BCUT2D eigenvalue weighted by molar-refractivity contribution is 9.10. The van der Waals surface area contributed by atoms with Gasteiger partial charge in [0.25, 0.3) is 0 Å². The van der Waals surface area contributed by atoms with Crippen molar-refractivity contribution in [1.29, 1.82) is 0 Å². The molecule has 2 unspecified atom stereocenters. The fraction of sp³-hybridized carbons (Fsp3) is 0.500. The van der Waals surface area contributed by atoms with Crippen molar-refractivity contribution >= 4 is 21.8 Å². The molecule has 0 aromatic heterocycles. The zero-order chi connectivity index (χ0) is 13.9. The summed E-state index contributed by atoms with van der Waals surface area (Å²) in [5.74, 6) is -0.375. The maximum Gasteiger partial charge on any atom is 0.239 e. The Morgan fingerprint density at radius 2 is 2.42 bits per heavy atom. The van der Waals surface area contributed by atoms with Gasteiger partial charge in [-0.05, 0) is 37.5 Å². The number of ether oxygens (including phenoxy) is 1. The lowest BCUT2D eigenvalue weighted by molar-refractivity contribution is -0.120. The first-order chi connectivity index (χ1) is 9.00. The number of rotatable bonds is 5. The normalized spacial score (nSPS) is 24.3. The minimum Gasteiger partial charge on any atom is -0.374 e. The Labute approximate surface area is 121 Å². The zero-order valence-electron chi connectivity index (χ0n) is 11.0. The average Bonchev–Trinajstić information content (AvgIpc) is 2.76. The lowest BCUT2D eigenvalue weighted by Crippen LogP contribution is -2.43. The van der Waals surface area contributed by atoms with E-state index in [4.69, 9.17) is 10.5 Å². The Balaban J connectivity index is 2.06. The molecule has 1 heterocycles. The molecule has 1 fully saturated rings. The number of carbonyl (C=O) groups is 1. The Morgan fingerprint density at radius 1 is 1.63 bits per heavy atom. The van der Waals surface area contributed by atoms with Crippen LogP contribution in [-0.4, -0.2) is 24.7 Å². The Morgan fingerprint density at radius 3 is 3.00 bits per heavy atom. The summed E-state index contributed by atoms with van der Waals surface area (Å²) >= 11 is 3.40. The first kappa shape index (κ1) is 14.5. The fourth-order valence-electron chi connectivity index (χ4n) is 2.36. The highest BCUT2D eigenvalue weighted by Gasteiger charge is 2.31. The monoisotopic (exact) mass is 326 g/mol. The predicted molar refractivity (Wildman–Crippen MR) is 77.7 cm³/mol. The summed E-state index contributed by atoms with van der Waals surface area (Å²) < 4.78 is 6.64. The second kappa shape index (κ2) is 6.03. The SMILES string of the molecule is CC1(CNC(C(N)=O)c2cccc(Br)c2)CCCO1. The van der Waals surface area contributed by atoms with Crippen molar-refractivity contribution in [3.8, 4) is 0 Å². The summed E-state index contributed by atoms with van der Waals surface area (Å²) in [6.45, 7) is 3.47. The van der Waals surface area contributed by atoms with E-state index in [1.807, 2.05) is 24.3 Å². The number of primary amides is 1. The van der Waals surface area contributed by atoms with Crippen LogP contribution >= 0.6 is 15.9 Å². The van der Waals surface area contributed by atoms with E-state index in [0.29, 0.717) is 6.54 Å². The van der Waals surface area contributed by atoms with Gasteiger partial charge >= 0.3 is 0 Å². The van der Waals surface area contributed by atoms with E-state index in [9.17, 15) is 4.79 Å². The highest BCUT2D eigenvalue weighted by atomic mass is 79.9. The molecular weight excluding hydrogens is 308 g/mol. The van der Waals surface area contributed by atoms with Crippen LogP contribution in [0.15, 0.2) is 28.7 Å². The average molecular weight is 327 g/mol. The first-order valence-electron chi connectivity index (χ1n) is 6.42. The van der Waals surface area contributed by atoms with Crippen LogP contribution in [0, 0.1) is 0 Å². The Hall–Kier alpha value is -0.910. The highest BCUT2D eigenvalue weighted by Crippen LogP contribution is 2.25. The second-order valence-electron chi connectivity index (χ2n) is 5.17. The molecule has 2 rings (SSSR count). The van der Waals surface area contributed by atoms with E-state index in [2.05, 4.69) is 28.2 Å². The lowest BCUT2D eigenvalue weighted by atomic mass is 10.0. The van der Waals surface area contributed by atoms with Crippen molar-refractivity contribution in [1.82, 2.24) is 5.32 Å². The van der Waals surface area contributed by atoms with Crippen LogP contribution in [0.1, 0.15) is 31.4 Å². The molecule has 3 N–H and O–H groups in total. The topological polar surface area (TPSA) is 64.3 Å². The van der Waals surface area contributed by atoms with Gasteiger partial charge in [-0.3, -0.25) is 10.1 Å². The first-order valence-corrected chi connectivity index (χ1v) is 7.22. The molecule has 104 valence electrons. The largest absolute Gasteiger partial charge is 0.374 e. The van der Waals surface area contributed by atoms with Gasteiger partial charge in [0.2, 0.25) is 5.91 Å². The number of hydrogen-bond acceptors (Lipinski definition) is 3. The van der Waals surface area contributed by atoms with Gasteiger partial charge < -0.3 is 10.5 Å². The minimum absolute atomic E-state index is 0.195. The van der Waals surface area contributed by atoms with E-state index in [1.54, 1.807) is 0 Å². The molecule has 1 saturated heterocycles. The summed E-state index contributed by atoms with van der Waals surface area (Å²) in [5, 5.41) is 3.22. The van der Waals surface area contributed by atoms with Gasteiger partial charge in [-0.25, -0.2) is 0 Å². The molecule has 0 saturated carbocycles. The van der Waals surface area contributed by atoms with Crippen molar-refractivity contribution < 1.29 is 9.53 Å². The molecule has 4 nitrogen and oxygen atoms in total. The van der Waals surface area contributed by atoms with Crippen LogP contribution in [-0.2, 0) is 9.53 Å². The molecule has 0 bridgehead atoms. The summed E-state index contributed by atoms with van der Waals surface area (Å²) in [6, 6.07) is 7.12. The van der Waals surface area contributed by atoms with Crippen LogP contribution < -0.4 is 11.1 Å². The molecule has 1 aromatic rings. The molecule has 0 radical (unpaired) electrons. The van der Waals surface area contributed by atoms with Gasteiger partial charge in [0, 0.05) is 17.6 Å². The number of nitrogens with one attached hydrogen (secondary N) is 1. The van der Waals surface area contributed by atoms with E-state index in [1.165, 1.54) is 0 Å². The summed E-state index contributed by atoms with van der Waals surface area (Å²) in [4.78, 5) is 11.6. The van der Waals surface area contributed by atoms with E-state index in [0.717, 1.165) is 29.5 Å². The van der Waals surface area contributed by atoms with Gasteiger partial charge in [-0.2, -0.15) is 0 Å².